The number of anilines is 4. The van der Waals surface area contributed by atoms with E-state index in [9.17, 15) is 9.59 Å². The number of aryl methyl sites for hydroxylation is 1. The molecule has 0 spiro atoms. The zero-order valence-electron chi connectivity index (χ0n) is 16.1. The first-order valence-corrected chi connectivity index (χ1v) is 10.4. The second kappa shape index (κ2) is 10.3. The summed E-state index contributed by atoms with van der Waals surface area (Å²) in [6.07, 6.45) is 0. The summed E-state index contributed by atoms with van der Waals surface area (Å²) in [5, 5.41) is 8.96. The van der Waals surface area contributed by atoms with Gasteiger partial charge in [0.1, 0.15) is 0 Å². The molecule has 0 heterocycles. The first-order chi connectivity index (χ1) is 14.1. The van der Waals surface area contributed by atoms with Gasteiger partial charge in [-0.2, -0.15) is 0 Å². The number of rotatable bonds is 8. The zero-order valence-corrected chi connectivity index (χ0v) is 17.0. The number of carbonyl (C=O) groups is 2. The minimum absolute atomic E-state index is 0.122. The summed E-state index contributed by atoms with van der Waals surface area (Å²) < 4.78 is 0. The fourth-order valence-electron chi connectivity index (χ4n) is 2.59. The molecule has 5 nitrogen and oxygen atoms in total. The van der Waals surface area contributed by atoms with Crippen molar-refractivity contribution in [1.82, 2.24) is 0 Å². The molecule has 6 heteroatoms. The van der Waals surface area contributed by atoms with E-state index < -0.39 is 0 Å². The maximum Gasteiger partial charge on any atom is 0.234 e. The van der Waals surface area contributed by atoms with E-state index in [0.717, 1.165) is 28.3 Å². The Labute approximate surface area is 174 Å². The first kappa shape index (κ1) is 20.5. The Bertz CT molecular complexity index is 942. The smallest absolute Gasteiger partial charge is 0.234 e. The van der Waals surface area contributed by atoms with Crippen molar-refractivity contribution in [2.24, 2.45) is 0 Å². The van der Waals surface area contributed by atoms with E-state index in [4.69, 9.17) is 0 Å². The lowest BCUT2D eigenvalue weighted by molar-refractivity contribution is -0.114. The number of benzene rings is 3. The van der Waals surface area contributed by atoms with Crippen LogP contribution in [-0.4, -0.2) is 23.3 Å². The Morgan fingerprint density at radius 2 is 1.10 bits per heavy atom. The van der Waals surface area contributed by atoms with Crippen LogP contribution in [0.25, 0.3) is 0 Å². The van der Waals surface area contributed by atoms with Crippen molar-refractivity contribution >= 4 is 46.3 Å². The third-order valence-electron chi connectivity index (χ3n) is 4.03. The van der Waals surface area contributed by atoms with Crippen molar-refractivity contribution in [3.8, 4) is 0 Å². The van der Waals surface area contributed by atoms with Gasteiger partial charge in [0.05, 0.1) is 11.5 Å². The molecule has 0 aliphatic heterocycles. The molecule has 0 aromatic heterocycles. The molecular formula is C23H23N3O2S. The molecule has 0 aliphatic rings. The van der Waals surface area contributed by atoms with Gasteiger partial charge in [-0.1, -0.05) is 35.9 Å². The van der Waals surface area contributed by atoms with E-state index in [1.165, 1.54) is 11.8 Å². The molecule has 0 unspecified atom stereocenters. The summed E-state index contributed by atoms with van der Waals surface area (Å²) in [7, 11) is 0. The lowest BCUT2D eigenvalue weighted by Crippen LogP contribution is -2.18. The van der Waals surface area contributed by atoms with E-state index in [0.29, 0.717) is 0 Å². The fraction of sp³-hybridized carbons (Fsp3) is 0.130. The highest BCUT2D eigenvalue weighted by Crippen LogP contribution is 2.19. The number of para-hydroxylation sites is 1. The van der Waals surface area contributed by atoms with Gasteiger partial charge in [0.25, 0.3) is 0 Å². The molecule has 0 fully saturated rings. The molecule has 148 valence electrons. The molecule has 0 aliphatic carbocycles. The molecule has 29 heavy (non-hydrogen) atoms. The van der Waals surface area contributed by atoms with Gasteiger partial charge in [0.2, 0.25) is 11.8 Å². The van der Waals surface area contributed by atoms with Crippen LogP contribution in [0.3, 0.4) is 0 Å². The highest BCUT2D eigenvalue weighted by atomic mass is 32.2. The summed E-state index contributed by atoms with van der Waals surface area (Å²) in [4.78, 5) is 24.0. The number of amides is 2. The number of carbonyl (C=O) groups excluding carboxylic acids is 2. The SMILES string of the molecule is Cc1ccc(NC(=O)CSCC(=O)Nc2ccc(Nc3ccccc3)cc2)cc1. The number of thioether (sulfide) groups is 1. The van der Waals surface area contributed by atoms with E-state index in [1.807, 2.05) is 85.8 Å². The van der Waals surface area contributed by atoms with Crippen molar-refractivity contribution in [1.29, 1.82) is 0 Å². The predicted molar refractivity (Wildman–Crippen MR) is 122 cm³/mol. The third-order valence-corrected chi connectivity index (χ3v) is 4.97. The van der Waals surface area contributed by atoms with E-state index in [-0.39, 0.29) is 23.3 Å². The predicted octanol–water partition coefficient (Wildman–Crippen LogP) is 5.05. The molecular weight excluding hydrogens is 382 g/mol. The summed E-state index contributed by atoms with van der Waals surface area (Å²) in [6.45, 7) is 1.99. The van der Waals surface area contributed by atoms with Crippen LogP contribution in [0, 0.1) is 6.92 Å². The van der Waals surface area contributed by atoms with Gasteiger partial charge < -0.3 is 16.0 Å². The second-order valence-electron chi connectivity index (χ2n) is 6.52. The standard InChI is InChI=1S/C23H23N3O2S/c1-17-7-9-20(10-8-17)25-22(27)15-29-16-23(28)26-21-13-11-19(12-14-21)24-18-5-3-2-4-6-18/h2-14,24H,15-16H2,1H3,(H,25,27)(H,26,28). The van der Waals surface area contributed by atoms with Gasteiger partial charge >= 0.3 is 0 Å². The quantitative estimate of drug-likeness (QED) is 0.490. The fourth-order valence-corrected chi connectivity index (χ4v) is 3.21. The molecule has 0 bridgehead atoms. The van der Waals surface area contributed by atoms with Crippen molar-refractivity contribution in [3.05, 3.63) is 84.4 Å². The van der Waals surface area contributed by atoms with Crippen LogP contribution >= 0.6 is 11.8 Å². The normalized spacial score (nSPS) is 10.2. The van der Waals surface area contributed by atoms with Crippen molar-refractivity contribution < 1.29 is 9.59 Å². The molecule has 3 N–H and O–H groups in total. The summed E-state index contributed by atoms with van der Waals surface area (Å²) in [6, 6.07) is 25.0. The Hall–Kier alpha value is -3.25. The van der Waals surface area contributed by atoms with Crippen LogP contribution in [0.2, 0.25) is 0 Å². The van der Waals surface area contributed by atoms with Crippen LogP contribution in [0.5, 0.6) is 0 Å². The zero-order chi connectivity index (χ0) is 20.5. The van der Waals surface area contributed by atoms with Crippen molar-refractivity contribution in [2.45, 2.75) is 6.92 Å². The van der Waals surface area contributed by atoms with Gasteiger partial charge in [0, 0.05) is 22.7 Å². The van der Waals surface area contributed by atoms with Gasteiger partial charge in [0.15, 0.2) is 0 Å². The Kier molecular flexibility index (Phi) is 7.30. The Morgan fingerprint density at radius 1 is 0.655 bits per heavy atom. The topological polar surface area (TPSA) is 70.2 Å². The van der Waals surface area contributed by atoms with E-state index in [1.54, 1.807) is 0 Å². The van der Waals surface area contributed by atoms with E-state index in [2.05, 4.69) is 16.0 Å². The lowest BCUT2D eigenvalue weighted by Gasteiger charge is -2.09. The molecule has 0 atom stereocenters. The van der Waals surface area contributed by atoms with Crippen molar-refractivity contribution in [2.75, 3.05) is 27.5 Å². The molecule has 2 amide bonds. The van der Waals surface area contributed by atoms with Crippen LogP contribution in [0.1, 0.15) is 5.56 Å². The molecule has 3 rings (SSSR count). The Balaban J connectivity index is 1.38. The average Bonchev–Trinajstić information content (AvgIpc) is 2.72. The van der Waals surface area contributed by atoms with Gasteiger partial charge in [-0.15, -0.1) is 11.8 Å². The number of hydrogen-bond acceptors (Lipinski definition) is 4. The third kappa shape index (κ3) is 7.01. The minimum Gasteiger partial charge on any atom is -0.356 e. The van der Waals surface area contributed by atoms with Crippen LogP contribution < -0.4 is 16.0 Å². The lowest BCUT2D eigenvalue weighted by atomic mass is 10.2. The molecule has 0 saturated carbocycles. The monoisotopic (exact) mass is 405 g/mol. The maximum absolute atomic E-state index is 12.1. The second-order valence-corrected chi connectivity index (χ2v) is 7.51. The van der Waals surface area contributed by atoms with Gasteiger partial charge in [-0.3, -0.25) is 9.59 Å². The summed E-state index contributed by atoms with van der Waals surface area (Å²) >= 11 is 1.28. The molecule has 0 radical (unpaired) electrons. The minimum atomic E-state index is -0.137. The largest absolute Gasteiger partial charge is 0.356 e. The molecule has 0 saturated heterocycles. The Morgan fingerprint density at radius 3 is 1.66 bits per heavy atom. The highest BCUT2D eigenvalue weighted by Gasteiger charge is 2.07. The summed E-state index contributed by atoms with van der Waals surface area (Å²) in [5.74, 6) is 0.178. The van der Waals surface area contributed by atoms with Crippen molar-refractivity contribution in [3.63, 3.8) is 0 Å². The van der Waals surface area contributed by atoms with E-state index >= 15 is 0 Å². The molecule has 3 aromatic rings. The van der Waals surface area contributed by atoms with Gasteiger partial charge in [-0.25, -0.2) is 0 Å². The first-order valence-electron chi connectivity index (χ1n) is 9.25. The average molecular weight is 406 g/mol. The van der Waals surface area contributed by atoms with Crippen LogP contribution in [0.4, 0.5) is 22.7 Å². The number of nitrogens with one attached hydrogen (secondary N) is 3. The van der Waals surface area contributed by atoms with Gasteiger partial charge in [-0.05, 0) is 55.5 Å². The van der Waals surface area contributed by atoms with Crippen LogP contribution in [-0.2, 0) is 9.59 Å². The number of hydrogen-bond donors (Lipinski definition) is 3. The highest BCUT2D eigenvalue weighted by molar-refractivity contribution is 8.00. The molecule has 3 aromatic carbocycles. The maximum atomic E-state index is 12.1. The van der Waals surface area contributed by atoms with Crippen LogP contribution in [0.15, 0.2) is 78.9 Å². The summed E-state index contributed by atoms with van der Waals surface area (Å²) in [5.41, 5.74) is 4.56.